The van der Waals surface area contributed by atoms with Crippen LogP contribution in [-0.4, -0.2) is 23.5 Å². The monoisotopic (exact) mass is 247 g/mol. The fraction of sp³-hybridized carbons (Fsp3) is 0.429. The molecule has 1 aromatic rings. The van der Waals surface area contributed by atoms with Gasteiger partial charge < -0.3 is 10.4 Å². The number of hydrogen-bond donors (Lipinski definition) is 2. The number of amides is 1. The van der Waals surface area contributed by atoms with Crippen molar-refractivity contribution in [2.45, 2.75) is 26.2 Å². The first kappa shape index (κ1) is 12.6. The minimum atomic E-state index is -1.37. The van der Waals surface area contributed by atoms with Crippen LogP contribution in [-0.2, 0) is 16.0 Å². The zero-order chi connectivity index (χ0) is 13.3. The van der Waals surface area contributed by atoms with E-state index in [0.29, 0.717) is 12.5 Å². The van der Waals surface area contributed by atoms with Crippen LogP contribution in [0, 0.1) is 5.41 Å². The van der Waals surface area contributed by atoms with Gasteiger partial charge in [-0.3, -0.25) is 9.59 Å². The molecule has 1 aromatic carbocycles. The quantitative estimate of drug-likeness (QED) is 0.793. The molecule has 4 nitrogen and oxygen atoms in total. The second-order valence-electron chi connectivity index (χ2n) is 5.24. The normalized spacial score (nSPS) is 17.6. The van der Waals surface area contributed by atoms with Crippen LogP contribution in [0.4, 0.5) is 0 Å². The van der Waals surface area contributed by atoms with Gasteiger partial charge in [-0.25, -0.2) is 0 Å². The van der Waals surface area contributed by atoms with Crippen molar-refractivity contribution < 1.29 is 14.7 Å². The summed E-state index contributed by atoms with van der Waals surface area (Å²) in [6, 6.07) is 8.11. The number of fused-ring (bicyclic) bond motifs is 1. The van der Waals surface area contributed by atoms with Gasteiger partial charge in [0.25, 0.3) is 0 Å². The fourth-order valence-electron chi connectivity index (χ4n) is 2.08. The summed E-state index contributed by atoms with van der Waals surface area (Å²) in [5.41, 5.74) is 1.20. The molecule has 1 aliphatic carbocycles. The minimum absolute atomic E-state index is 0.315. The molecule has 0 radical (unpaired) electrons. The lowest BCUT2D eigenvalue weighted by Crippen LogP contribution is -2.44. The Bertz CT molecular complexity index is 494. The van der Waals surface area contributed by atoms with Crippen LogP contribution in [0.15, 0.2) is 24.3 Å². The Morgan fingerprint density at radius 2 is 2.06 bits per heavy atom. The molecule has 0 bridgehead atoms. The summed E-state index contributed by atoms with van der Waals surface area (Å²) < 4.78 is 0. The third-order valence-corrected chi connectivity index (χ3v) is 3.57. The standard InChI is InChI=1S/C14H17NO3/c1-14(2,13(17)18)12(16)15-8-10-7-9-5-3-4-6-11(9)10/h3-6,10H,7-8H2,1-2H3,(H,15,16)(H,17,18). The first-order chi connectivity index (χ1) is 8.43. The van der Waals surface area contributed by atoms with Gasteiger partial charge in [0, 0.05) is 12.5 Å². The van der Waals surface area contributed by atoms with E-state index in [1.807, 2.05) is 12.1 Å². The molecular formula is C14H17NO3. The highest BCUT2D eigenvalue weighted by Crippen LogP contribution is 2.34. The van der Waals surface area contributed by atoms with Crippen molar-refractivity contribution in [3.8, 4) is 0 Å². The van der Waals surface area contributed by atoms with Crippen molar-refractivity contribution >= 4 is 11.9 Å². The molecule has 0 saturated heterocycles. The van der Waals surface area contributed by atoms with Gasteiger partial charge in [-0.2, -0.15) is 0 Å². The van der Waals surface area contributed by atoms with Crippen molar-refractivity contribution in [3.05, 3.63) is 35.4 Å². The van der Waals surface area contributed by atoms with Gasteiger partial charge in [-0.15, -0.1) is 0 Å². The van der Waals surface area contributed by atoms with E-state index in [9.17, 15) is 9.59 Å². The lowest BCUT2D eigenvalue weighted by molar-refractivity contribution is -0.153. The van der Waals surface area contributed by atoms with Crippen LogP contribution < -0.4 is 5.32 Å². The van der Waals surface area contributed by atoms with E-state index >= 15 is 0 Å². The second kappa shape index (κ2) is 4.44. The second-order valence-corrected chi connectivity index (χ2v) is 5.24. The van der Waals surface area contributed by atoms with E-state index in [1.54, 1.807) is 0 Å². The van der Waals surface area contributed by atoms with Crippen molar-refractivity contribution in [1.29, 1.82) is 0 Å². The summed E-state index contributed by atoms with van der Waals surface area (Å²) >= 11 is 0. The Labute approximate surface area is 106 Å². The van der Waals surface area contributed by atoms with Crippen LogP contribution in [0.3, 0.4) is 0 Å². The average Bonchev–Trinajstić information content (AvgIpc) is 2.29. The van der Waals surface area contributed by atoms with E-state index in [1.165, 1.54) is 25.0 Å². The van der Waals surface area contributed by atoms with Gasteiger partial charge in [0.15, 0.2) is 0 Å². The van der Waals surface area contributed by atoms with Crippen LogP contribution in [0.5, 0.6) is 0 Å². The molecule has 1 amide bonds. The molecule has 1 atom stereocenters. The van der Waals surface area contributed by atoms with Gasteiger partial charge in [-0.1, -0.05) is 24.3 Å². The first-order valence-corrected chi connectivity index (χ1v) is 6.02. The third-order valence-electron chi connectivity index (χ3n) is 3.57. The van der Waals surface area contributed by atoms with Gasteiger partial charge in [-0.05, 0) is 31.4 Å². The molecule has 1 aliphatic rings. The molecule has 4 heteroatoms. The van der Waals surface area contributed by atoms with Crippen LogP contribution >= 0.6 is 0 Å². The highest BCUT2D eigenvalue weighted by atomic mass is 16.4. The van der Waals surface area contributed by atoms with E-state index in [-0.39, 0.29) is 0 Å². The Balaban J connectivity index is 1.92. The van der Waals surface area contributed by atoms with Gasteiger partial charge in [0.2, 0.25) is 5.91 Å². The van der Waals surface area contributed by atoms with Crippen molar-refractivity contribution in [2.75, 3.05) is 6.54 Å². The maximum atomic E-state index is 11.8. The predicted octanol–water partition coefficient (Wildman–Crippen LogP) is 1.55. The number of carboxylic acid groups (broad SMARTS) is 1. The first-order valence-electron chi connectivity index (χ1n) is 6.02. The largest absolute Gasteiger partial charge is 0.480 e. The molecule has 18 heavy (non-hydrogen) atoms. The summed E-state index contributed by atoms with van der Waals surface area (Å²) in [4.78, 5) is 22.7. The smallest absolute Gasteiger partial charge is 0.318 e. The molecule has 0 fully saturated rings. The molecule has 0 saturated carbocycles. The molecule has 0 spiro atoms. The van der Waals surface area contributed by atoms with E-state index in [0.717, 1.165) is 6.42 Å². The number of benzene rings is 1. The Morgan fingerprint density at radius 1 is 1.39 bits per heavy atom. The third kappa shape index (κ3) is 2.10. The van der Waals surface area contributed by atoms with E-state index in [2.05, 4.69) is 17.4 Å². The lowest BCUT2D eigenvalue weighted by atomic mass is 9.77. The molecule has 2 N–H and O–H groups in total. The Hall–Kier alpha value is -1.84. The molecule has 0 aromatic heterocycles. The predicted molar refractivity (Wildman–Crippen MR) is 67.3 cm³/mol. The highest BCUT2D eigenvalue weighted by Gasteiger charge is 2.36. The lowest BCUT2D eigenvalue weighted by Gasteiger charge is -2.31. The fourth-order valence-corrected chi connectivity index (χ4v) is 2.08. The summed E-state index contributed by atoms with van der Waals surface area (Å²) in [5, 5.41) is 11.7. The molecule has 1 unspecified atom stereocenters. The average molecular weight is 247 g/mol. The SMILES string of the molecule is CC(C)(C(=O)O)C(=O)NCC1Cc2ccccc21. The number of rotatable bonds is 4. The molecule has 96 valence electrons. The van der Waals surface area contributed by atoms with Gasteiger partial charge >= 0.3 is 5.97 Å². The van der Waals surface area contributed by atoms with Crippen molar-refractivity contribution in [1.82, 2.24) is 5.32 Å². The zero-order valence-corrected chi connectivity index (χ0v) is 10.6. The minimum Gasteiger partial charge on any atom is -0.480 e. The summed E-state index contributed by atoms with van der Waals surface area (Å²) in [5.74, 6) is -1.22. The van der Waals surface area contributed by atoms with Gasteiger partial charge in [0.05, 0.1) is 0 Å². The highest BCUT2D eigenvalue weighted by molar-refractivity contribution is 6.00. The zero-order valence-electron chi connectivity index (χ0n) is 10.6. The summed E-state index contributed by atoms with van der Waals surface area (Å²) in [7, 11) is 0. The topological polar surface area (TPSA) is 66.4 Å². The molecular weight excluding hydrogens is 230 g/mol. The van der Waals surface area contributed by atoms with Crippen molar-refractivity contribution in [2.24, 2.45) is 5.41 Å². The van der Waals surface area contributed by atoms with Gasteiger partial charge in [0.1, 0.15) is 5.41 Å². The Morgan fingerprint density at radius 3 is 2.67 bits per heavy atom. The maximum absolute atomic E-state index is 11.8. The van der Waals surface area contributed by atoms with Crippen LogP contribution in [0.25, 0.3) is 0 Å². The molecule has 0 heterocycles. The van der Waals surface area contributed by atoms with Crippen LogP contribution in [0.1, 0.15) is 30.9 Å². The number of nitrogens with one attached hydrogen (secondary N) is 1. The molecule has 0 aliphatic heterocycles. The number of carbonyl (C=O) groups is 2. The van der Waals surface area contributed by atoms with E-state index < -0.39 is 17.3 Å². The number of aliphatic carboxylic acids is 1. The number of carboxylic acids is 1. The Kier molecular flexibility index (Phi) is 3.11. The van der Waals surface area contributed by atoms with Crippen LogP contribution in [0.2, 0.25) is 0 Å². The summed E-state index contributed by atoms with van der Waals surface area (Å²) in [6.07, 6.45) is 0.948. The molecule has 2 rings (SSSR count). The van der Waals surface area contributed by atoms with E-state index in [4.69, 9.17) is 5.11 Å². The van der Waals surface area contributed by atoms with Crippen molar-refractivity contribution in [3.63, 3.8) is 0 Å². The summed E-state index contributed by atoms with van der Waals surface area (Å²) in [6.45, 7) is 3.34. The maximum Gasteiger partial charge on any atom is 0.318 e. The number of hydrogen-bond acceptors (Lipinski definition) is 2. The number of carbonyl (C=O) groups excluding carboxylic acids is 1.